The first-order chi connectivity index (χ1) is 7.15. The van der Waals surface area contributed by atoms with Crippen LogP contribution in [-0.2, 0) is 11.3 Å². The molecule has 1 atom stereocenters. The summed E-state index contributed by atoms with van der Waals surface area (Å²) < 4.78 is 5.60. The Labute approximate surface area is 102 Å². The number of aliphatic hydroxyl groups excluding tert-OH is 1. The van der Waals surface area contributed by atoms with Crippen LogP contribution in [0.3, 0.4) is 0 Å². The molecule has 4 heteroatoms. The van der Waals surface area contributed by atoms with Crippen LogP contribution < -0.4 is 0 Å². The van der Waals surface area contributed by atoms with Gasteiger partial charge in [-0.1, -0.05) is 28.7 Å². The molecule has 0 fully saturated rings. The summed E-state index contributed by atoms with van der Waals surface area (Å²) in [5.74, 6) is -0.261. The minimum absolute atomic E-state index is 0.261. The van der Waals surface area contributed by atoms with Crippen LogP contribution in [0.1, 0.15) is 33.2 Å². The van der Waals surface area contributed by atoms with E-state index in [1.54, 1.807) is 6.07 Å². The van der Waals surface area contributed by atoms with Crippen molar-refractivity contribution in [1.82, 2.24) is 0 Å². The quantitative estimate of drug-likeness (QED) is 0.516. The predicted octanol–water partition coefficient (Wildman–Crippen LogP) is 2.13. The highest BCUT2D eigenvalue weighted by molar-refractivity contribution is 14.1. The number of carbonyl (C=O) groups excluding carboxylic acids is 1. The van der Waals surface area contributed by atoms with Gasteiger partial charge >= 0.3 is 5.97 Å². The first-order valence-electron chi connectivity index (χ1n) is 4.68. The van der Waals surface area contributed by atoms with E-state index in [4.69, 9.17) is 4.74 Å². The molecule has 0 bridgehead atoms. The van der Waals surface area contributed by atoms with Crippen molar-refractivity contribution in [3.05, 3.63) is 34.4 Å². The number of cyclic esters (lactones) is 1. The Kier molecular flexibility index (Phi) is 2.97. The van der Waals surface area contributed by atoms with Crippen LogP contribution in [0, 0.1) is 6.92 Å². The lowest BCUT2D eigenvalue weighted by Crippen LogP contribution is -2.04. The maximum atomic E-state index is 11.3. The molecule has 0 saturated carbocycles. The van der Waals surface area contributed by atoms with E-state index in [9.17, 15) is 9.90 Å². The zero-order valence-corrected chi connectivity index (χ0v) is 10.4. The molecule has 1 N–H and O–H groups in total. The third-order valence-corrected chi connectivity index (χ3v) is 3.55. The molecule has 1 aliphatic rings. The lowest BCUT2D eigenvalue weighted by Gasteiger charge is -2.12. The molecule has 0 amide bonds. The minimum Gasteiger partial charge on any atom is -0.457 e. The normalized spacial score (nSPS) is 16.1. The molecule has 1 heterocycles. The number of fused-ring (bicyclic) bond motifs is 1. The Balaban J connectivity index is 2.51. The molecule has 15 heavy (non-hydrogen) atoms. The van der Waals surface area contributed by atoms with Crippen molar-refractivity contribution in [2.24, 2.45) is 0 Å². The third-order valence-electron chi connectivity index (χ3n) is 2.71. The number of aliphatic hydroxyl groups is 1. The maximum absolute atomic E-state index is 11.3. The standard InChI is InChI=1S/C11H11IO3/c1-6-7(10(13)4-12)2-3-8-9(6)5-15-11(8)14/h2-3,10,13H,4-5H2,1H3/t10-/m0/s1. The van der Waals surface area contributed by atoms with Gasteiger partial charge in [0.15, 0.2) is 0 Å². The molecule has 1 aromatic rings. The predicted molar refractivity (Wildman–Crippen MR) is 64.1 cm³/mol. The van der Waals surface area contributed by atoms with E-state index in [1.807, 2.05) is 13.0 Å². The van der Waals surface area contributed by atoms with Crippen molar-refractivity contribution >= 4 is 28.6 Å². The maximum Gasteiger partial charge on any atom is 0.338 e. The molecular formula is C11H11IO3. The summed E-state index contributed by atoms with van der Waals surface area (Å²) in [6, 6.07) is 3.55. The first-order valence-corrected chi connectivity index (χ1v) is 6.21. The van der Waals surface area contributed by atoms with Crippen LogP contribution in [0.15, 0.2) is 12.1 Å². The Morgan fingerprint density at radius 2 is 2.33 bits per heavy atom. The van der Waals surface area contributed by atoms with Gasteiger partial charge in [0.1, 0.15) is 6.61 Å². The van der Waals surface area contributed by atoms with Crippen LogP contribution in [0.2, 0.25) is 0 Å². The number of hydrogen-bond acceptors (Lipinski definition) is 3. The highest BCUT2D eigenvalue weighted by atomic mass is 127. The number of esters is 1. The summed E-state index contributed by atoms with van der Waals surface area (Å²) in [5.41, 5.74) is 3.42. The van der Waals surface area contributed by atoms with E-state index in [0.717, 1.165) is 16.7 Å². The van der Waals surface area contributed by atoms with Gasteiger partial charge in [0.05, 0.1) is 11.7 Å². The number of ether oxygens (including phenoxy) is 1. The minimum atomic E-state index is -0.466. The zero-order chi connectivity index (χ0) is 11.0. The number of halogens is 1. The fraction of sp³-hybridized carbons (Fsp3) is 0.364. The van der Waals surface area contributed by atoms with Gasteiger partial charge in [0.25, 0.3) is 0 Å². The van der Waals surface area contributed by atoms with E-state index in [2.05, 4.69) is 22.6 Å². The van der Waals surface area contributed by atoms with Gasteiger partial charge in [-0.2, -0.15) is 0 Å². The number of alkyl halides is 1. The fourth-order valence-electron chi connectivity index (χ4n) is 1.81. The van der Waals surface area contributed by atoms with E-state index in [-0.39, 0.29) is 5.97 Å². The van der Waals surface area contributed by atoms with Crippen molar-refractivity contribution in [1.29, 1.82) is 0 Å². The van der Waals surface area contributed by atoms with E-state index in [0.29, 0.717) is 16.6 Å². The largest absolute Gasteiger partial charge is 0.457 e. The fourth-order valence-corrected chi connectivity index (χ4v) is 2.29. The molecule has 0 spiro atoms. The molecule has 1 aliphatic heterocycles. The summed E-state index contributed by atoms with van der Waals surface area (Å²) in [7, 11) is 0. The van der Waals surface area contributed by atoms with Crippen LogP contribution in [-0.4, -0.2) is 15.5 Å². The Hall–Kier alpha value is -0.620. The van der Waals surface area contributed by atoms with Gasteiger partial charge < -0.3 is 9.84 Å². The highest BCUT2D eigenvalue weighted by Crippen LogP contribution is 2.29. The molecule has 0 unspecified atom stereocenters. The van der Waals surface area contributed by atoms with Gasteiger partial charge in [-0.25, -0.2) is 4.79 Å². The lowest BCUT2D eigenvalue weighted by molar-refractivity contribution is 0.0535. The van der Waals surface area contributed by atoms with Gasteiger partial charge in [-0.15, -0.1) is 0 Å². The van der Waals surface area contributed by atoms with Crippen molar-refractivity contribution in [2.45, 2.75) is 19.6 Å². The van der Waals surface area contributed by atoms with Crippen molar-refractivity contribution < 1.29 is 14.6 Å². The zero-order valence-electron chi connectivity index (χ0n) is 8.29. The van der Waals surface area contributed by atoms with Crippen LogP contribution in [0.4, 0.5) is 0 Å². The summed E-state index contributed by atoms with van der Waals surface area (Å²) in [4.78, 5) is 11.3. The average Bonchev–Trinajstić information content (AvgIpc) is 2.61. The molecule has 3 nitrogen and oxygen atoms in total. The van der Waals surface area contributed by atoms with Crippen molar-refractivity contribution in [2.75, 3.05) is 4.43 Å². The van der Waals surface area contributed by atoms with Gasteiger partial charge in [0, 0.05) is 9.99 Å². The molecule has 0 saturated heterocycles. The second kappa shape index (κ2) is 4.09. The first kappa shape index (κ1) is 10.9. The number of rotatable bonds is 2. The summed E-state index contributed by atoms with van der Waals surface area (Å²) in [6.45, 7) is 2.26. The van der Waals surface area contributed by atoms with Crippen LogP contribution >= 0.6 is 22.6 Å². The molecule has 1 aromatic carbocycles. The molecule has 2 rings (SSSR count). The van der Waals surface area contributed by atoms with Gasteiger partial charge in [0.2, 0.25) is 0 Å². The average molecular weight is 318 g/mol. The van der Waals surface area contributed by atoms with Crippen LogP contribution in [0.25, 0.3) is 0 Å². The topological polar surface area (TPSA) is 46.5 Å². The smallest absolute Gasteiger partial charge is 0.338 e. The summed E-state index contributed by atoms with van der Waals surface area (Å²) in [6.07, 6.45) is -0.466. The number of carbonyl (C=O) groups is 1. The second-order valence-electron chi connectivity index (χ2n) is 3.55. The Bertz CT molecular complexity index is 415. The third kappa shape index (κ3) is 1.76. The van der Waals surface area contributed by atoms with E-state index < -0.39 is 6.10 Å². The Morgan fingerprint density at radius 3 is 3.00 bits per heavy atom. The number of benzene rings is 1. The van der Waals surface area contributed by atoms with Gasteiger partial charge in [-0.3, -0.25) is 0 Å². The van der Waals surface area contributed by atoms with Crippen LogP contribution in [0.5, 0.6) is 0 Å². The lowest BCUT2D eigenvalue weighted by atomic mass is 9.96. The van der Waals surface area contributed by atoms with Crippen molar-refractivity contribution in [3.8, 4) is 0 Å². The number of hydrogen-bond donors (Lipinski definition) is 1. The second-order valence-corrected chi connectivity index (χ2v) is 4.43. The highest BCUT2D eigenvalue weighted by Gasteiger charge is 2.25. The SMILES string of the molecule is Cc1c([C@@H](O)CI)ccc2c1COC2=O. The van der Waals surface area contributed by atoms with E-state index >= 15 is 0 Å². The van der Waals surface area contributed by atoms with Crippen molar-refractivity contribution in [3.63, 3.8) is 0 Å². The molecule has 0 aromatic heterocycles. The summed E-state index contributed by atoms with van der Waals surface area (Å²) in [5, 5.41) is 9.77. The van der Waals surface area contributed by atoms with E-state index in [1.165, 1.54) is 0 Å². The summed E-state index contributed by atoms with van der Waals surface area (Å²) >= 11 is 2.14. The molecule has 0 radical (unpaired) electrons. The Morgan fingerprint density at radius 1 is 1.60 bits per heavy atom. The monoisotopic (exact) mass is 318 g/mol. The van der Waals surface area contributed by atoms with Gasteiger partial charge in [-0.05, 0) is 24.1 Å². The molecule has 80 valence electrons. The molecule has 0 aliphatic carbocycles. The molecular weight excluding hydrogens is 307 g/mol.